The number of nitrogens with one attached hydrogen (secondary N) is 1. The molecule has 1 aliphatic rings. The molecule has 0 saturated carbocycles. The zero-order chi connectivity index (χ0) is 13.1. The number of piperazine rings is 1. The van der Waals surface area contributed by atoms with E-state index >= 15 is 0 Å². The van der Waals surface area contributed by atoms with Gasteiger partial charge in [-0.15, -0.1) is 0 Å². The third kappa shape index (κ3) is 2.81. The maximum absolute atomic E-state index is 11.2. The van der Waals surface area contributed by atoms with Gasteiger partial charge in [0.15, 0.2) is 0 Å². The lowest BCUT2D eigenvalue weighted by atomic mass is 10.3. The molecule has 0 unspecified atom stereocenters. The molecule has 1 amide bonds. The molecule has 1 N–H and O–H groups in total. The van der Waals surface area contributed by atoms with Crippen molar-refractivity contribution >= 4 is 29.3 Å². The zero-order valence-corrected chi connectivity index (χ0v) is 11.2. The Labute approximate surface area is 111 Å². The van der Waals surface area contributed by atoms with E-state index < -0.39 is 0 Å². The first-order chi connectivity index (χ1) is 8.60. The lowest BCUT2D eigenvalue weighted by Crippen LogP contribution is -2.48. The first-order valence-electron chi connectivity index (χ1n) is 5.83. The van der Waals surface area contributed by atoms with E-state index in [0.29, 0.717) is 24.2 Å². The average Bonchev–Trinajstić information content (AvgIpc) is 2.38. The molecule has 1 aromatic heterocycles. The van der Waals surface area contributed by atoms with E-state index in [-0.39, 0.29) is 5.91 Å². The van der Waals surface area contributed by atoms with Gasteiger partial charge in [0, 0.05) is 46.2 Å². The van der Waals surface area contributed by atoms with Gasteiger partial charge in [-0.1, -0.05) is 11.6 Å². The number of nitrogens with zero attached hydrogens (tertiary/aromatic N) is 4. The van der Waals surface area contributed by atoms with Crippen LogP contribution in [0, 0.1) is 0 Å². The second kappa shape index (κ2) is 5.39. The van der Waals surface area contributed by atoms with Crippen molar-refractivity contribution in [1.82, 2.24) is 14.9 Å². The zero-order valence-electron chi connectivity index (χ0n) is 10.5. The number of amides is 1. The SMILES string of the molecule is CNc1nc(Cl)cc(N2CCN(C(C)=O)CC2)n1. The van der Waals surface area contributed by atoms with Crippen LogP contribution in [-0.4, -0.2) is 54.0 Å². The van der Waals surface area contributed by atoms with Crippen molar-refractivity contribution in [2.24, 2.45) is 0 Å². The van der Waals surface area contributed by atoms with Gasteiger partial charge in [-0.3, -0.25) is 4.79 Å². The number of anilines is 2. The van der Waals surface area contributed by atoms with Gasteiger partial charge in [-0.25, -0.2) is 4.98 Å². The second-order valence-corrected chi connectivity index (χ2v) is 4.50. The molecule has 1 saturated heterocycles. The van der Waals surface area contributed by atoms with Gasteiger partial charge in [0.2, 0.25) is 11.9 Å². The van der Waals surface area contributed by atoms with Crippen LogP contribution in [0.25, 0.3) is 0 Å². The molecule has 98 valence electrons. The van der Waals surface area contributed by atoms with Crippen LogP contribution in [-0.2, 0) is 4.79 Å². The highest BCUT2D eigenvalue weighted by Gasteiger charge is 2.20. The standard InChI is InChI=1S/C11H16ClN5O/c1-8(18)16-3-5-17(6-4-16)10-7-9(12)14-11(13-2)15-10/h7H,3-6H2,1-2H3,(H,13,14,15). The highest BCUT2D eigenvalue weighted by Crippen LogP contribution is 2.19. The van der Waals surface area contributed by atoms with Gasteiger partial charge in [-0.2, -0.15) is 4.98 Å². The van der Waals surface area contributed by atoms with Crippen molar-refractivity contribution in [2.45, 2.75) is 6.92 Å². The molecule has 0 aromatic carbocycles. The van der Waals surface area contributed by atoms with Gasteiger partial charge in [-0.05, 0) is 0 Å². The van der Waals surface area contributed by atoms with Crippen LogP contribution in [0.15, 0.2) is 6.07 Å². The summed E-state index contributed by atoms with van der Waals surface area (Å²) in [5.74, 6) is 1.42. The van der Waals surface area contributed by atoms with Crippen molar-refractivity contribution in [2.75, 3.05) is 43.4 Å². The van der Waals surface area contributed by atoms with Crippen LogP contribution in [0.3, 0.4) is 0 Å². The average molecular weight is 270 g/mol. The minimum absolute atomic E-state index is 0.117. The Hall–Kier alpha value is -1.56. The lowest BCUT2D eigenvalue weighted by Gasteiger charge is -2.34. The van der Waals surface area contributed by atoms with Gasteiger partial charge in [0.05, 0.1) is 0 Å². The first kappa shape index (κ1) is 12.9. The quantitative estimate of drug-likeness (QED) is 0.807. The molecule has 0 spiro atoms. The first-order valence-corrected chi connectivity index (χ1v) is 6.20. The van der Waals surface area contributed by atoms with Gasteiger partial charge >= 0.3 is 0 Å². The molecule has 2 rings (SSSR count). The molecule has 0 atom stereocenters. The second-order valence-electron chi connectivity index (χ2n) is 4.12. The van der Waals surface area contributed by atoms with E-state index in [2.05, 4.69) is 20.2 Å². The maximum atomic E-state index is 11.2. The summed E-state index contributed by atoms with van der Waals surface area (Å²) in [6, 6.07) is 1.74. The van der Waals surface area contributed by atoms with Gasteiger partial charge < -0.3 is 15.1 Å². The molecule has 2 heterocycles. The fourth-order valence-corrected chi connectivity index (χ4v) is 2.11. The number of carbonyl (C=O) groups is 1. The third-order valence-corrected chi connectivity index (χ3v) is 3.15. The molecule has 0 aliphatic carbocycles. The number of rotatable bonds is 2. The Morgan fingerprint density at radius 3 is 2.56 bits per heavy atom. The van der Waals surface area contributed by atoms with E-state index in [1.165, 1.54) is 0 Å². The topological polar surface area (TPSA) is 61.4 Å². The number of halogens is 1. The smallest absolute Gasteiger partial charge is 0.225 e. The Bertz CT molecular complexity index is 445. The van der Waals surface area contributed by atoms with Crippen LogP contribution < -0.4 is 10.2 Å². The van der Waals surface area contributed by atoms with E-state index in [0.717, 1.165) is 18.9 Å². The van der Waals surface area contributed by atoms with E-state index in [1.54, 1.807) is 20.0 Å². The number of hydrogen-bond donors (Lipinski definition) is 1. The predicted molar refractivity (Wildman–Crippen MR) is 71.1 cm³/mol. The van der Waals surface area contributed by atoms with Crippen LogP contribution in [0.2, 0.25) is 5.15 Å². The maximum Gasteiger partial charge on any atom is 0.225 e. The van der Waals surface area contributed by atoms with Crippen LogP contribution in [0.5, 0.6) is 0 Å². The molecule has 0 radical (unpaired) electrons. The molecule has 6 nitrogen and oxygen atoms in total. The van der Waals surface area contributed by atoms with Crippen molar-refractivity contribution in [3.8, 4) is 0 Å². The summed E-state index contributed by atoms with van der Waals surface area (Å²) in [6.07, 6.45) is 0. The third-order valence-electron chi connectivity index (χ3n) is 2.95. The summed E-state index contributed by atoms with van der Waals surface area (Å²) < 4.78 is 0. The van der Waals surface area contributed by atoms with Crippen LogP contribution in [0.1, 0.15) is 6.92 Å². The minimum atomic E-state index is 0.117. The van der Waals surface area contributed by atoms with Crippen molar-refractivity contribution in [3.05, 3.63) is 11.2 Å². The van der Waals surface area contributed by atoms with E-state index in [4.69, 9.17) is 11.6 Å². The Kier molecular flexibility index (Phi) is 3.86. The summed E-state index contributed by atoms with van der Waals surface area (Å²) in [5.41, 5.74) is 0. The summed E-state index contributed by atoms with van der Waals surface area (Å²) in [4.78, 5) is 23.6. The Morgan fingerprint density at radius 2 is 2.00 bits per heavy atom. The van der Waals surface area contributed by atoms with Gasteiger partial charge in [0.25, 0.3) is 0 Å². The number of carbonyl (C=O) groups excluding carboxylic acids is 1. The van der Waals surface area contributed by atoms with Crippen molar-refractivity contribution in [1.29, 1.82) is 0 Å². The molecule has 1 aromatic rings. The molecule has 1 fully saturated rings. The molecular weight excluding hydrogens is 254 g/mol. The Balaban J connectivity index is 2.09. The Morgan fingerprint density at radius 1 is 1.33 bits per heavy atom. The molecule has 0 bridgehead atoms. The highest BCUT2D eigenvalue weighted by atomic mass is 35.5. The summed E-state index contributed by atoms with van der Waals surface area (Å²) in [6.45, 7) is 4.54. The van der Waals surface area contributed by atoms with Crippen LogP contribution in [0.4, 0.5) is 11.8 Å². The monoisotopic (exact) mass is 269 g/mol. The largest absolute Gasteiger partial charge is 0.357 e. The molecule has 7 heteroatoms. The normalized spacial score (nSPS) is 15.7. The minimum Gasteiger partial charge on any atom is -0.357 e. The van der Waals surface area contributed by atoms with Crippen molar-refractivity contribution in [3.63, 3.8) is 0 Å². The fraction of sp³-hybridized carbons (Fsp3) is 0.545. The van der Waals surface area contributed by atoms with Crippen LogP contribution >= 0.6 is 11.6 Å². The number of aromatic nitrogens is 2. The van der Waals surface area contributed by atoms with E-state index in [9.17, 15) is 4.79 Å². The summed E-state index contributed by atoms with van der Waals surface area (Å²) in [7, 11) is 1.75. The summed E-state index contributed by atoms with van der Waals surface area (Å²) in [5, 5.41) is 3.29. The lowest BCUT2D eigenvalue weighted by molar-refractivity contribution is -0.129. The molecule has 1 aliphatic heterocycles. The van der Waals surface area contributed by atoms with Crippen molar-refractivity contribution < 1.29 is 4.79 Å². The number of hydrogen-bond acceptors (Lipinski definition) is 5. The summed E-state index contributed by atoms with van der Waals surface area (Å²) >= 11 is 5.94. The fourth-order valence-electron chi connectivity index (χ4n) is 1.93. The van der Waals surface area contributed by atoms with Gasteiger partial charge in [0.1, 0.15) is 11.0 Å². The molecular formula is C11H16ClN5O. The predicted octanol–water partition coefficient (Wildman–Crippen LogP) is 0.840. The highest BCUT2D eigenvalue weighted by molar-refractivity contribution is 6.29. The van der Waals surface area contributed by atoms with E-state index in [1.807, 2.05) is 4.90 Å². The molecule has 18 heavy (non-hydrogen) atoms.